The quantitative estimate of drug-likeness (QED) is 0.756. The molecule has 0 spiro atoms. The summed E-state index contributed by atoms with van der Waals surface area (Å²) in [7, 11) is 0. The molecule has 0 aliphatic rings. The second-order valence-corrected chi connectivity index (χ2v) is 3.55. The molecule has 0 saturated heterocycles. The van der Waals surface area contributed by atoms with Gasteiger partial charge in [0.15, 0.2) is 5.78 Å². The Morgan fingerprint density at radius 1 is 1.50 bits per heavy atom. The van der Waals surface area contributed by atoms with Crippen LogP contribution in [0, 0.1) is 0 Å². The fourth-order valence-electron chi connectivity index (χ4n) is 1.24. The van der Waals surface area contributed by atoms with Crippen LogP contribution in [-0.4, -0.2) is 12.4 Å². The van der Waals surface area contributed by atoms with Crippen molar-refractivity contribution in [3.05, 3.63) is 28.3 Å². The number of rotatable bonds is 4. The molecular formula is C11H11ClF2O2. The number of hydrogen-bond donors (Lipinski definition) is 0. The van der Waals surface area contributed by atoms with E-state index in [-0.39, 0.29) is 27.7 Å². The Balaban J connectivity index is 3.32. The lowest BCUT2D eigenvalue weighted by Gasteiger charge is -2.11. The molecule has 5 heteroatoms. The van der Waals surface area contributed by atoms with Gasteiger partial charge in [0.05, 0.1) is 11.6 Å². The molecule has 0 unspecified atom stereocenters. The molecule has 1 aromatic carbocycles. The van der Waals surface area contributed by atoms with E-state index >= 15 is 0 Å². The molecule has 0 aliphatic carbocycles. The van der Waals surface area contributed by atoms with E-state index in [0.29, 0.717) is 6.61 Å². The van der Waals surface area contributed by atoms with E-state index in [2.05, 4.69) is 0 Å². The van der Waals surface area contributed by atoms with Crippen molar-refractivity contribution in [2.75, 3.05) is 6.61 Å². The molecule has 0 saturated carbocycles. The molecule has 0 aliphatic heterocycles. The van der Waals surface area contributed by atoms with Crippen molar-refractivity contribution in [3.63, 3.8) is 0 Å². The van der Waals surface area contributed by atoms with E-state index in [0.717, 1.165) is 6.07 Å². The van der Waals surface area contributed by atoms with Crippen LogP contribution in [0.1, 0.15) is 36.2 Å². The smallest absolute Gasteiger partial charge is 0.265 e. The number of alkyl halides is 2. The average Bonchev–Trinajstić information content (AvgIpc) is 2.20. The molecule has 0 heterocycles. The number of halogens is 3. The highest BCUT2D eigenvalue weighted by molar-refractivity contribution is 6.33. The molecule has 0 radical (unpaired) electrons. The fourth-order valence-corrected chi connectivity index (χ4v) is 1.49. The highest BCUT2D eigenvalue weighted by Gasteiger charge is 2.18. The van der Waals surface area contributed by atoms with E-state index in [1.54, 1.807) is 6.92 Å². The van der Waals surface area contributed by atoms with Crippen LogP contribution in [0.5, 0.6) is 5.75 Å². The average molecular weight is 249 g/mol. The molecule has 0 aromatic heterocycles. The van der Waals surface area contributed by atoms with Gasteiger partial charge >= 0.3 is 0 Å². The van der Waals surface area contributed by atoms with Gasteiger partial charge in [0, 0.05) is 11.1 Å². The van der Waals surface area contributed by atoms with Crippen molar-refractivity contribution in [3.8, 4) is 5.75 Å². The molecule has 16 heavy (non-hydrogen) atoms. The lowest BCUT2D eigenvalue weighted by atomic mass is 10.1. The Hall–Kier alpha value is -1.16. The van der Waals surface area contributed by atoms with Crippen LogP contribution < -0.4 is 4.74 Å². The van der Waals surface area contributed by atoms with Crippen LogP contribution in [0.2, 0.25) is 5.02 Å². The predicted octanol–water partition coefficient (Wildman–Crippen LogP) is 3.88. The summed E-state index contributed by atoms with van der Waals surface area (Å²) in [5.41, 5.74) is -0.207. The summed E-state index contributed by atoms with van der Waals surface area (Å²) in [6.07, 6.45) is -2.73. The Morgan fingerprint density at radius 2 is 2.12 bits per heavy atom. The van der Waals surface area contributed by atoms with Gasteiger partial charge in [0.2, 0.25) is 0 Å². The lowest BCUT2D eigenvalue weighted by Crippen LogP contribution is -2.00. The molecular weight excluding hydrogens is 238 g/mol. The molecule has 0 atom stereocenters. The SMILES string of the molecule is CCOc1cc(C(C)=O)cc(C(F)F)c1Cl. The van der Waals surface area contributed by atoms with Crippen LogP contribution >= 0.6 is 11.6 Å². The van der Waals surface area contributed by atoms with Crippen LogP contribution in [0.4, 0.5) is 8.78 Å². The van der Waals surface area contributed by atoms with E-state index < -0.39 is 6.43 Å². The maximum atomic E-state index is 12.6. The van der Waals surface area contributed by atoms with Gasteiger partial charge < -0.3 is 4.74 Å². The van der Waals surface area contributed by atoms with Gasteiger partial charge in [-0.05, 0) is 26.0 Å². The largest absolute Gasteiger partial charge is 0.492 e. The Labute approximate surface area is 97.2 Å². The van der Waals surface area contributed by atoms with Crippen LogP contribution in [0.3, 0.4) is 0 Å². The Bertz CT molecular complexity index is 405. The van der Waals surface area contributed by atoms with Crippen LogP contribution in [-0.2, 0) is 0 Å². The highest BCUT2D eigenvalue weighted by Crippen LogP contribution is 2.35. The third-order valence-corrected chi connectivity index (χ3v) is 2.41. The van der Waals surface area contributed by atoms with Crippen molar-refractivity contribution in [1.29, 1.82) is 0 Å². The van der Waals surface area contributed by atoms with Gasteiger partial charge in [-0.1, -0.05) is 11.6 Å². The minimum Gasteiger partial charge on any atom is -0.492 e. The van der Waals surface area contributed by atoms with Gasteiger partial charge in [-0.3, -0.25) is 4.79 Å². The summed E-state index contributed by atoms with van der Waals surface area (Å²) in [5.74, 6) is -0.188. The summed E-state index contributed by atoms with van der Waals surface area (Å²) in [5, 5.41) is -0.137. The molecule has 1 rings (SSSR count). The van der Waals surface area contributed by atoms with Crippen molar-refractivity contribution in [2.45, 2.75) is 20.3 Å². The highest BCUT2D eigenvalue weighted by atomic mass is 35.5. The first-order valence-electron chi connectivity index (χ1n) is 4.72. The topological polar surface area (TPSA) is 26.3 Å². The van der Waals surface area contributed by atoms with Crippen molar-refractivity contribution in [1.82, 2.24) is 0 Å². The zero-order chi connectivity index (χ0) is 12.3. The van der Waals surface area contributed by atoms with Gasteiger partial charge in [-0.15, -0.1) is 0 Å². The maximum absolute atomic E-state index is 12.6. The Kier molecular flexibility index (Phi) is 4.24. The summed E-state index contributed by atoms with van der Waals surface area (Å²) >= 11 is 5.74. The zero-order valence-electron chi connectivity index (χ0n) is 8.89. The number of carbonyl (C=O) groups excluding carboxylic acids is 1. The second kappa shape index (κ2) is 5.25. The van der Waals surface area contributed by atoms with Crippen LogP contribution in [0.25, 0.3) is 0 Å². The molecule has 0 fully saturated rings. The van der Waals surface area contributed by atoms with E-state index in [4.69, 9.17) is 16.3 Å². The third-order valence-electron chi connectivity index (χ3n) is 2.01. The fraction of sp³-hybridized carbons (Fsp3) is 0.364. The molecule has 0 N–H and O–H groups in total. The molecule has 0 amide bonds. The van der Waals surface area contributed by atoms with Gasteiger partial charge in [0.1, 0.15) is 5.75 Å². The van der Waals surface area contributed by atoms with E-state index in [1.165, 1.54) is 13.0 Å². The van der Waals surface area contributed by atoms with Gasteiger partial charge in [-0.2, -0.15) is 0 Å². The first-order valence-corrected chi connectivity index (χ1v) is 5.10. The predicted molar refractivity (Wildman–Crippen MR) is 57.6 cm³/mol. The van der Waals surface area contributed by atoms with Crippen LogP contribution in [0.15, 0.2) is 12.1 Å². The molecule has 0 bridgehead atoms. The van der Waals surface area contributed by atoms with Gasteiger partial charge in [-0.25, -0.2) is 8.78 Å². The standard InChI is InChI=1S/C11H11ClF2O2/c1-3-16-9-5-7(6(2)15)4-8(10(9)12)11(13)14/h4-5,11H,3H2,1-2H3. The second-order valence-electron chi connectivity index (χ2n) is 3.17. The minimum absolute atomic E-state index is 0.118. The molecule has 1 aromatic rings. The lowest BCUT2D eigenvalue weighted by molar-refractivity contribution is 0.101. The number of benzene rings is 1. The first kappa shape index (κ1) is 12.9. The summed E-state index contributed by atoms with van der Waals surface area (Å²) < 4.78 is 30.4. The molecule has 2 nitrogen and oxygen atoms in total. The number of carbonyl (C=O) groups is 1. The molecule has 88 valence electrons. The normalized spacial score (nSPS) is 10.6. The zero-order valence-corrected chi connectivity index (χ0v) is 9.65. The number of ketones is 1. The van der Waals surface area contributed by atoms with Gasteiger partial charge in [0.25, 0.3) is 6.43 Å². The summed E-state index contributed by atoms with van der Waals surface area (Å²) in [6, 6.07) is 2.47. The summed E-state index contributed by atoms with van der Waals surface area (Å²) in [6.45, 7) is 3.30. The van der Waals surface area contributed by atoms with E-state index in [1.807, 2.05) is 0 Å². The number of hydrogen-bond acceptors (Lipinski definition) is 2. The van der Waals surface area contributed by atoms with Crippen molar-refractivity contribution in [2.24, 2.45) is 0 Å². The monoisotopic (exact) mass is 248 g/mol. The summed E-state index contributed by atoms with van der Waals surface area (Å²) in [4.78, 5) is 11.1. The minimum atomic E-state index is -2.73. The van der Waals surface area contributed by atoms with E-state index in [9.17, 15) is 13.6 Å². The number of Topliss-reactive ketones (excluding diaryl/α,β-unsaturated/α-hetero) is 1. The first-order chi connectivity index (χ1) is 7.47. The third kappa shape index (κ3) is 2.70. The number of ether oxygens (including phenoxy) is 1. The maximum Gasteiger partial charge on any atom is 0.265 e. The van der Waals surface area contributed by atoms with Crippen molar-refractivity contribution >= 4 is 17.4 Å². The van der Waals surface area contributed by atoms with Crippen molar-refractivity contribution < 1.29 is 18.3 Å². The Morgan fingerprint density at radius 3 is 2.56 bits per heavy atom.